The van der Waals surface area contributed by atoms with Gasteiger partial charge in [0, 0.05) is 13.0 Å². The number of benzene rings is 1. The van der Waals surface area contributed by atoms with E-state index in [-0.39, 0.29) is 25.2 Å². The van der Waals surface area contributed by atoms with Gasteiger partial charge in [-0.1, -0.05) is 24.3 Å². The Bertz CT molecular complexity index is 447. The summed E-state index contributed by atoms with van der Waals surface area (Å²) in [5.74, 6) is 0. The second-order valence-electron chi connectivity index (χ2n) is 5.49. The molecule has 1 aromatic carbocycles. The Morgan fingerprint density at radius 3 is 2.76 bits per heavy atom. The molecule has 0 fully saturated rings. The third kappa shape index (κ3) is 4.71. The van der Waals surface area contributed by atoms with Gasteiger partial charge in [-0.05, 0) is 43.9 Å². The molecule has 0 radical (unpaired) electrons. The van der Waals surface area contributed by atoms with Crippen molar-refractivity contribution in [3.05, 3.63) is 35.4 Å². The molecule has 0 bridgehead atoms. The molecule has 0 amide bonds. The maximum atomic E-state index is 12.2. The zero-order valence-electron chi connectivity index (χ0n) is 12.2. The summed E-state index contributed by atoms with van der Waals surface area (Å²) in [6.45, 7) is 0.157. The second-order valence-corrected chi connectivity index (χ2v) is 5.49. The highest BCUT2D eigenvalue weighted by atomic mass is 19.4. The molecular formula is C16H22F3NO. The first-order valence-corrected chi connectivity index (χ1v) is 7.44. The molecule has 5 heteroatoms. The van der Waals surface area contributed by atoms with E-state index in [9.17, 15) is 13.2 Å². The van der Waals surface area contributed by atoms with Gasteiger partial charge in [-0.2, -0.15) is 13.2 Å². The standard InChI is InChI=1S/C16H22F3NO/c1-20-15-13-8-3-2-6-12(13)7-4-9-14(15)21-11-5-10-16(17,18)19/h2-3,6,8,14-15,20H,4-5,7,9-11H2,1H3. The van der Waals surface area contributed by atoms with Gasteiger partial charge in [0.05, 0.1) is 12.1 Å². The normalized spacial score (nSPS) is 22.7. The van der Waals surface area contributed by atoms with Crippen LogP contribution in [0.3, 0.4) is 0 Å². The molecule has 1 aromatic rings. The second kappa shape index (κ2) is 7.27. The van der Waals surface area contributed by atoms with Gasteiger partial charge in [0.1, 0.15) is 0 Å². The van der Waals surface area contributed by atoms with E-state index in [1.54, 1.807) is 0 Å². The van der Waals surface area contributed by atoms with Crippen LogP contribution in [0.15, 0.2) is 24.3 Å². The van der Waals surface area contributed by atoms with Crippen molar-refractivity contribution in [1.29, 1.82) is 0 Å². The largest absolute Gasteiger partial charge is 0.389 e. The van der Waals surface area contributed by atoms with E-state index in [1.807, 2.05) is 19.2 Å². The van der Waals surface area contributed by atoms with Crippen molar-refractivity contribution in [1.82, 2.24) is 5.32 Å². The molecule has 0 saturated heterocycles. The zero-order chi connectivity index (χ0) is 15.3. The fourth-order valence-electron chi connectivity index (χ4n) is 2.95. The Morgan fingerprint density at radius 1 is 1.29 bits per heavy atom. The first kappa shape index (κ1) is 16.3. The van der Waals surface area contributed by atoms with Crippen molar-refractivity contribution >= 4 is 0 Å². The molecule has 0 aromatic heterocycles. The quantitative estimate of drug-likeness (QED) is 0.655. The van der Waals surface area contributed by atoms with E-state index in [2.05, 4.69) is 17.4 Å². The van der Waals surface area contributed by atoms with E-state index >= 15 is 0 Å². The molecule has 21 heavy (non-hydrogen) atoms. The van der Waals surface area contributed by atoms with Crippen LogP contribution in [0, 0.1) is 0 Å². The molecule has 1 aliphatic rings. The van der Waals surface area contributed by atoms with Crippen LogP contribution in [-0.2, 0) is 11.2 Å². The van der Waals surface area contributed by atoms with Gasteiger partial charge in [0.15, 0.2) is 0 Å². The molecule has 0 heterocycles. The minimum Gasteiger partial charge on any atom is -0.376 e. The van der Waals surface area contributed by atoms with Crippen molar-refractivity contribution in [3.63, 3.8) is 0 Å². The molecule has 0 saturated carbocycles. The smallest absolute Gasteiger partial charge is 0.376 e. The van der Waals surface area contributed by atoms with Crippen LogP contribution in [0.5, 0.6) is 0 Å². The number of ether oxygens (including phenoxy) is 1. The monoisotopic (exact) mass is 301 g/mol. The molecule has 2 nitrogen and oxygen atoms in total. The Balaban J connectivity index is 1.96. The van der Waals surface area contributed by atoms with Gasteiger partial charge in [0.25, 0.3) is 0 Å². The number of rotatable bonds is 5. The van der Waals surface area contributed by atoms with Crippen molar-refractivity contribution < 1.29 is 17.9 Å². The van der Waals surface area contributed by atoms with Gasteiger partial charge < -0.3 is 10.1 Å². The number of hydrogen-bond donors (Lipinski definition) is 1. The van der Waals surface area contributed by atoms with E-state index < -0.39 is 12.6 Å². The summed E-state index contributed by atoms with van der Waals surface area (Å²) in [5, 5.41) is 3.26. The van der Waals surface area contributed by atoms with E-state index in [4.69, 9.17) is 4.74 Å². The molecule has 118 valence electrons. The molecule has 0 spiro atoms. The number of alkyl halides is 3. The number of fused-ring (bicyclic) bond motifs is 1. The van der Waals surface area contributed by atoms with Gasteiger partial charge in [-0.15, -0.1) is 0 Å². The average molecular weight is 301 g/mol. The average Bonchev–Trinajstić information content (AvgIpc) is 2.61. The Hall–Kier alpha value is -1.07. The third-order valence-electron chi connectivity index (χ3n) is 3.94. The molecule has 2 rings (SSSR count). The van der Waals surface area contributed by atoms with Crippen LogP contribution in [0.25, 0.3) is 0 Å². The van der Waals surface area contributed by atoms with E-state index in [1.165, 1.54) is 11.1 Å². The van der Waals surface area contributed by atoms with Crippen LogP contribution in [0.2, 0.25) is 0 Å². The van der Waals surface area contributed by atoms with Gasteiger partial charge in [0.2, 0.25) is 0 Å². The molecule has 0 aliphatic heterocycles. The molecule has 1 N–H and O–H groups in total. The Morgan fingerprint density at radius 2 is 2.05 bits per heavy atom. The summed E-state index contributed by atoms with van der Waals surface area (Å²) in [4.78, 5) is 0. The number of halogens is 3. The predicted octanol–water partition coefficient (Wildman–Crippen LogP) is 4.01. The number of likely N-dealkylation sites (N-methyl/N-ethyl adjacent to an activating group) is 1. The maximum Gasteiger partial charge on any atom is 0.389 e. The fraction of sp³-hybridized carbons (Fsp3) is 0.625. The van der Waals surface area contributed by atoms with Crippen LogP contribution in [-0.4, -0.2) is 25.9 Å². The highest BCUT2D eigenvalue weighted by Gasteiger charge is 2.29. The van der Waals surface area contributed by atoms with Crippen molar-refractivity contribution in [2.45, 2.75) is 50.4 Å². The lowest BCUT2D eigenvalue weighted by atomic mass is 9.98. The number of aryl methyl sites for hydroxylation is 1. The zero-order valence-corrected chi connectivity index (χ0v) is 12.2. The minimum absolute atomic E-state index is 0.0259. The Labute approximate surface area is 123 Å². The van der Waals surface area contributed by atoms with Crippen LogP contribution >= 0.6 is 0 Å². The van der Waals surface area contributed by atoms with Gasteiger partial charge in [-0.3, -0.25) is 0 Å². The number of nitrogens with one attached hydrogen (secondary N) is 1. The summed E-state index contributed by atoms with van der Waals surface area (Å²) >= 11 is 0. The summed E-state index contributed by atoms with van der Waals surface area (Å²) in [6, 6.07) is 8.26. The predicted molar refractivity (Wildman–Crippen MR) is 76.2 cm³/mol. The van der Waals surface area contributed by atoms with Crippen molar-refractivity contribution in [2.24, 2.45) is 0 Å². The highest BCUT2D eigenvalue weighted by Crippen LogP contribution is 2.31. The third-order valence-corrected chi connectivity index (χ3v) is 3.94. The van der Waals surface area contributed by atoms with Crippen molar-refractivity contribution in [3.8, 4) is 0 Å². The topological polar surface area (TPSA) is 21.3 Å². The van der Waals surface area contributed by atoms with E-state index in [0.717, 1.165) is 19.3 Å². The number of hydrogen-bond acceptors (Lipinski definition) is 2. The molecule has 2 unspecified atom stereocenters. The lowest BCUT2D eigenvalue weighted by Gasteiger charge is -2.26. The minimum atomic E-state index is -4.10. The lowest BCUT2D eigenvalue weighted by molar-refractivity contribution is -0.139. The molecule has 2 atom stereocenters. The van der Waals surface area contributed by atoms with Crippen LogP contribution in [0.1, 0.15) is 42.9 Å². The SMILES string of the molecule is CNC1c2ccccc2CCCC1OCCCC(F)(F)F. The fourth-order valence-corrected chi connectivity index (χ4v) is 2.95. The molecular weight excluding hydrogens is 279 g/mol. The van der Waals surface area contributed by atoms with E-state index in [0.29, 0.717) is 0 Å². The Kier molecular flexibility index (Phi) is 5.65. The van der Waals surface area contributed by atoms with Gasteiger partial charge in [-0.25, -0.2) is 0 Å². The summed E-state index contributed by atoms with van der Waals surface area (Å²) in [7, 11) is 1.87. The molecule has 1 aliphatic carbocycles. The van der Waals surface area contributed by atoms with Crippen LogP contribution in [0.4, 0.5) is 13.2 Å². The first-order valence-electron chi connectivity index (χ1n) is 7.44. The van der Waals surface area contributed by atoms with Crippen LogP contribution < -0.4 is 5.32 Å². The summed E-state index contributed by atoms with van der Waals surface area (Å²) in [6.07, 6.45) is -2.05. The lowest BCUT2D eigenvalue weighted by Crippen LogP contribution is -2.31. The maximum absolute atomic E-state index is 12.2. The van der Waals surface area contributed by atoms with Crippen molar-refractivity contribution in [2.75, 3.05) is 13.7 Å². The highest BCUT2D eigenvalue weighted by molar-refractivity contribution is 5.32. The summed E-state index contributed by atoms with van der Waals surface area (Å²) < 4.78 is 42.2. The summed E-state index contributed by atoms with van der Waals surface area (Å²) in [5.41, 5.74) is 2.51. The first-order chi connectivity index (χ1) is 10.0. The van der Waals surface area contributed by atoms with Gasteiger partial charge >= 0.3 is 6.18 Å².